The van der Waals surface area contributed by atoms with Gasteiger partial charge in [0.25, 0.3) is 5.91 Å². The maximum Gasteiger partial charge on any atom is 0.254 e. The molecule has 12 nitrogen and oxygen atoms in total. The van der Waals surface area contributed by atoms with Crippen LogP contribution in [0.25, 0.3) is 11.1 Å². The van der Waals surface area contributed by atoms with Crippen LogP contribution >= 0.6 is 23.4 Å². The number of thioether (sulfide) groups is 1. The van der Waals surface area contributed by atoms with Crippen molar-refractivity contribution in [1.82, 2.24) is 15.2 Å². The number of hydrogen-bond donors (Lipinski definition) is 6. The van der Waals surface area contributed by atoms with Crippen LogP contribution in [0.4, 0.5) is 0 Å². The Bertz CT molecular complexity index is 1830. The van der Waals surface area contributed by atoms with Crippen molar-refractivity contribution in [2.24, 2.45) is 0 Å². The van der Waals surface area contributed by atoms with Crippen LogP contribution in [-0.2, 0) is 26.7 Å². The Labute approximate surface area is 333 Å². The highest BCUT2D eigenvalue weighted by Gasteiger charge is 2.46. The van der Waals surface area contributed by atoms with Gasteiger partial charge < -0.3 is 40.5 Å². The number of nitrogens with one attached hydrogen (secondary N) is 1. The fraction of sp³-hybridized carbons (Fsp3) is 0.550. The van der Waals surface area contributed by atoms with Gasteiger partial charge in [-0.05, 0) is 104 Å². The number of para-hydroxylation sites is 1. The molecule has 0 radical (unpaired) electrons. The Hall–Kier alpha value is -2.79. The van der Waals surface area contributed by atoms with Gasteiger partial charge in [-0.1, -0.05) is 36.2 Å². The molecule has 302 valence electrons. The molecule has 0 aliphatic heterocycles. The molecule has 0 unspecified atom stereocenters. The summed E-state index contributed by atoms with van der Waals surface area (Å²) in [5.74, 6) is 0.853. The molecular formula is C40H54ClN3O9S2. The van der Waals surface area contributed by atoms with E-state index in [4.69, 9.17) is 21.4 Å². The predicted molar refractivity (Wildman–Crippen MR) is 214 cm³/mol. The summed E-state index contributed by atoms with van der Waals surface area (Å²) in [6.07, 6.45) is 4.45. The lowest BCUT2D eigenvalue weighted by Gasteiger charge is -2.30. The van der Waals surface area contributed by atoms with Crippen molar-refractivity contribution in [3.63, 3.8) is 0 Å². The molecule has 2 aliphatic rings. The van der Waals surface area contributed by atoms with E-state index in [1.165, 1.54) is 11.2 Å². The smallest absolute Gasteiger partial charge is 0.254 e. The van der Waals surface area contributed by atoms with E-state index in [-0.39, 0.29) is 30.5 Å². The quantitative estimate of drug-likeness (QED) is 0.0563. The Morgan fingerprint density at radius 1 is 1.00 bits per heavy atom. The minimum Gasteiger partial charge on any atom is -0.490 e. The number of aliphatic hydroxyl groups is 5. The summed E-state index contributed by atoms with van der Waals surface area (Å²) >= 11 is 8.36. The van der Waals surface area contributed by atoms with Gasteiger partial charge in [-0.25, -0.2) is 8.42 Å². The average Bonchev–Trinajstić information content (AvgIpc) is 4.13. The summed E-state index contributed by atoms with van der Waals surface area (Å²) in [7, 11) is -3.11. The topological polar surface area (TPSA) is 190 Å². The van der Waals surface area contributed by atoms with Crippen LogP contribution in [0.2, 0.25) is 5.02 Å². The van der Waals surface area contributed by atoms with Crippen LogP contribution in [0.1, 0.15) is 68.9 Å². The predicted octanol–water partition coefficient (Wildman–Crippen LogP) is 4.07. The first-order valence-corrected chi connectivity index (χ1v) is 22.4. The summed E-state index contributed by atoms with van der Waals surface area (Å²) in [6.45, 7) is 0.195. The third kappa shape index (κ3) is 12.6. The maximum atomic E-state index is 13.2. The molecule has 2 aliphatic carbocycles. The van der Waals surface area contributed by atoms with Crippen LogP contribution in [-0.4, -0.2) is 118 Å². The number of nitrogens with zero attached hydrogens (tertiary/aromatic N) is 2. The summed E-state index contributed by atoms with van der Waals surface area (Å²) in [6, 6.07) is 16.2. The van der Waals surface area contributed by atoms with E-state index in [1.807, 2.05) is 42.7 Å². The molecule has 0 spiro atoms. The van der Waals surface area contributed by atoms with Gasteiger partial charge >= 0.3 is 0 Å². The molecule has 2 saturated carbocycles. The van der Waals surface area contributed by atoms with E-state index in [0.29, 0.717) is 37.3 Å². The SMILES string of the molecule is CS(=O)(=O)CCCCCN(CCCCSc1ccc(Cl)c(CNC2(c3cnccc3-c3ccccc3OC3CC3)CC2)c1)C(=O)[C@@H](O)[C@@H](O)[C@H](O)[C@@H](O)CO. The minimum atomic E-state index is -3.11. The second-order valence-electron chi connectivity index (χ2n) is 14.7. The van der Waals surface area contributed by atoms with E-state index in [1.54, 1.807) is 11.8 Å². The lowest BCUT2D eigenvalue weighted by molar-refractivity contribution is -0.158. The van der Waals surface area contributed by atoms with Crippen molar-refractivity contribution < 1.29 is 43.5 Å². The van der Waals surface area contributed by atoms with E-state index in [9.17, 15) is 33.6 Å². The number of aromatic nitrogens is 1. The number of sulfone groups is 1. The van der Waals surface area contributed by atoms with E-state index >= 15 is 0 Å². The Morgan fingerprint density at radius 2 is 1.73 bits per heavy atom. The Kier molecular flexibility index (Phi) is 15.8. The zero-order valence-electron chi connectivity index (χ0n) is 31.2. The highest BCUT2D eigenvalue weighted by molar-refractivity contribution is 7.99. The summed E-state index contributed by atoms with van der Waals surface area (Å²) in [5.41, 5.74) is 4.09. The van der Waals surface area contributed by atoms with Gasteiger partial charge in [0, 0.05) is 65.1 Å². The van der Waals surface area contributed by atoms with Gasteiger partial charge in [-0.15, -0.1) is 11.8 Å². The lowest BCUT2D eigenvalue weighted by Crippen LogP contribution is -2.53. The van der Waals surface area contributed by atoms with Crippen LogP contribution in [0.5, 0.6) is 5.75 Å². The third-order valence-corrected chi connectivity index (χ3v) is 12.5. The maximum absolute atomic E-state index is 13.2. The van der Waals surface area contributed by atoms with Gasteiger partial charge in [0.1, 0.15) is 33.9 Å². The van der Waals surface area contributed by atoms with Crippen LogP contribution < -0.4 is 10.1 Å². The normalized spacial score (nSPS) is 17.3. The van der Waals surface area contributed by atoms with E-state index < -0.39 is 46.8 Å². The third-order valence-electron chi connectivity index (χ3n) is 10.1. The Balaban J connectivity index is 1.15. The summed E-state index contributed by atoms with van der Waals surface area (Å²) < 4.78 is 29.3. The molecular weight excluding hydrogens is 766 g/mol. The molecule has 2 aromatic carbocycles. The number of carbonyl (C=O) groups excluding carboxylic acids is 1. The number of hydrogen-bond acceptors (Lipinski definition) is 12. The number of benzene rings is 2. The van der Waals surface area contributed by atoms with Gasteiger partial charge in [0.05, 0.1) is 12.7 Å². The molecule has 15 heteroatoms. The average molecular weight is 820 g/mol. The number of ether oxygens (including phenoxy) is 1. The molecule has 0 saturated heterocycles. The zero-order valence-corrected chi connectivity index (χ0v) is 33.6. The molecule has 2 fully saturated rings. The molecule has 55 heavy (non-hydrogen) atoms. The molecule has 0 bridgehead atoms. The van der Waals surface area contributed by atoms with Crippen molar-refractivity contribution in [2.45, 2.75) is 105 Å². The fourth-order valence-electron chi connectivity index (χ4n) is 6.50. The van der Waals surface area contributed by atoms with Crippen molar-refractivity contribution in [2.75, 3.05) is 37.5 Å². The van der Waals surface area contributed by atoms with Gasteiger partial charge in [0.2, 0.25) is 0 Å². The summed E-state index contributed by atoms with van der Waals surface area (Å²) in [5, 5.41) is 54.2. The first-order chi connectivity index (χ1) is 26.3. The molecule has 1 amide bonds. The molecule has 4 atom stereocenters. The van der Waals surface area contributed by atoms with Crippen molar-refractivity contribution in [3.8, 4) is 16.9 Å². The van der Waals surface area contributed by atoms with E-state index in [0.717, 1.165) is 70.8 Å². The zero-order chi connectivity index (χ0) is 39.6. The van der Waals surface area contributed by atoms with Crippen LogP contribution in [0, 0.1) is 0 Å². The number of unbranched alkanes of at least 4 members (excludes halogenated alkanes) is 3. The second-order valence-corrected chi connectivity index (χ2v) is 18.5. The largest absolute Gasteiger partial charge is 0.490 e. The van der Waals surface area contributed by atoms with Crippen molar-refractivity contribution in [1.29, 1.82) is 0 Å². The molecule has 6 N–H and O–H groups in total. The van der Waals surface area contributed by atoms with Crippen LogP contribution in [0.3, 0.4) is 0 Å². The minimum absolute atomic E-state index is 0.0324. The fourth-order valence-corrected chi connectivity index (χ4v) is 8.39. The van der Waals surface area contributed by atoms with E-state index in [2.05, 4.69) is 28.5 Å². The van der Waals surface area contributed by atoms with Gasteiger partial charge in [-0.3, -0.25) is 9.78 Å². The Morgan fingerprint density at radius 3 is 2.42 bits per heavy atom. The number of rotatable bonds is 24. The second kappa shape index (κ2) is 20.1. The molecule has 1 aromatic heterocycles. The highest BCUT2D eigenvalue weighted by Crippen LogP contribution is 2.50. The molecule has 1 heterocycles. The van der Waals surface area contributed by atoms with Crippen LogP contribution in [0.15, 0.2) is 65.8 Å². The number of amides is 1. The van der Waals surface area contributed by atoms with Gasteiger partial charge in [-0.2, -0.15) is 0 Å². The van der Waals surface area contributed by atoms with Crippen molar-refractivity contribution in [3.05, 3.63) is 77.1 Å². The monoisotopic (exact) mass is 819 g/mol. The van der Waals surface area contributed by atoms with Gasteiger partial charge in [0.15, 0.2) is 6.10 Å². The number of halogens is 1. The lowest BCUT2D eigenvalue weighted by atomic mass is 9.94. The number of pyridine rings is 1. The summed E-state index contributed by atoms with van der Waals surface area (Å²) in [4.78, 5) is 20.1. The first-order valence-electron chi connectivity index (χ1n) is 19.0. The first kappa shape index (κ1) is 43.3. The molecule has 3 aromatic rings. The number of aliphatic hydroxyl groups excluding tert-OH is 5. The standard InChI is InChI=1S/C40H54ClN3O9S2/c1-55(51,52)22-8-2-5-19-44(39(50)38(49)37(48)36(47)34(46)26-45)20-6-7-21-54-29-13-14-33(41)27(23-29)24-43-40(16-17-40)32-25-42-18-15-30(32)31-9-3-4-10-35(31)53-28-11-12-28/h3-4,9-10,13-15,18,23,25,28,34,36-38,43,45-49H,2,5-8,11-12,16-17,19-22,24,26H2,1H3/t34-,36+,37-,38-/m0/s1. The van der Waals surface area contributed by atoms with Crippen molar-refractivity contribution >= 4 is 39.1 Å². The molecule has 5 rings (SSSR count). The number of carbonyl (C=O) groups is 1. The highest BCUT2D eigenvalue weighted by atomic mass is 35.5.